The van der Waals surface area contributed by atoms with Crippen molar-refractivity contribution in [3.05, 3.63) is 70.4 Å². The highest BCUT2D eigenvalue weighted by atomic mass is 35.5. The zero-order chi connectivity index (χ0) is 20.8. The molecule has 3 aromatic rings. The van der Waals surface area contributed by atoms with E-state index in [0.29, 0.717) is 28.0 Å². The number of ether oxygens (including phenoxy) is 2. The van der Waals surface area contributed by atoms with Crippen molar-refractivity contribution in [1.82, 2.24) is 5.43 Å². The predicted molar refractivity (Wildman–Crippen MR) is 113 cm³/mol. The van der Waals surface area contributed by atoms with Crippen LogP contribution in [0.4, 0.5) is 0 Å². The van der Waals surface area contributed by atoms with E-state index in [1.807, 2.05) is 38.1 Å². The summed E-state index contributed by atoms with van der Waals surface area (Å²) in [7, 11) is 1.56. The number of rotatable bonds is 7. The molecule has 0 bridgehead atoms. The fraction of sp³-hybridized carbons (Fsp3) is 0.182. The van der Waals surface area contributed by atoms with E-state index in [-0.39, 0.29) is 12.5 Å². The van der Waals surface area contributed by atoms with Gasteiger partial charge in [0, 0.05) is 5.56 Å². The van der Waals surface area contributed by atoms with Crippen LogP contribution in [-0.4, -0.2) is 25.8 Å². The average molecular weight is 413 g/mol. The maximum Gasteiger partial charge on any atom is 0.277 e. The number of furan rings is 1. The normalized spacial score (nSPS) is 10.9. The monoisotopic (exact) mass is 412 g/mol. The zero-order valence-corrected chi connectivity index (χ0v) is 17.1. The van der Waals surface area contributed by atoms with Gasteiger partial charge < -0.3 is 13.9 Å². The lowest BCUT2D eigenvalue weighted by Crippen LogP contribution is -2.24. The molecule has 1 N–H and O–H groups in total. The van der Waals surface area contributed by atoms with Gasteiger partial charge in [-0.25, -0.2) is 5.43 Å². The third-order valence-electron chi connectivity index (χ3n) is 4.20. The maximum atomic E-state index is 11.9. The number of carbonyl (C=O) groups excluding carboxylic acids is 1. The highest BCUT2D eigenvalue weighted by molar-refractivity contribution is 6.32. The molecule has 0 atom stereocenters. The Morgan fingerprint density at radius 2 is 1.93 bits per heavy atom. The Bertz CT molecular complexity index is 1020. The molecule has 0 aliphatic rings. The van der Waals surface area contributed by atoms with Crippen molar-refractivity contribution in [2.45, 2.75) is 13.8 Å². The molecule has 6 nitrogen and oxygen atoms in total. The van der Waals surface area contributed by atoms with Crippen molar-refractivity contribution in [2.24, 2.45) is 5.10 Å². The number of para-hydroxylation sites is 1. The lowest BCUT2D eigenvalue weighted by molar-refractivity contribution is -0.123. The average Bonchev–Trinajstić information content (AvgIpc) is 3.16. The van der Waals surface area contributed by atoms with Crippen LogP contribution in [0.15, 0.2) is 58.0 Å². The molecule has 7 heteroatoms. The van der Waals surface area contributed by atoms with Crippen molar-refractivity contribution in [3.63, 3.8) is 0 Å². The molecule has 0 saturated carbocycles. The number of hydrazone groups is 1. The molecule has 0 spiro atoms. The molecule has 0 aliphatic heterocycles. The second-order valence-electron chi connectivity index (χ2n) is 6.35. The second kappa shape index (κ2) is 9.30. The summed E-state index contributed by atoms with van der Waals surface area (Å²) in [6.45, 7) is 3.74. The number of nitrogens with zero attached hydrogens (tertiary/aromatic N) is 1. The van der Waals surface area contributed by atoms with Gasteiger partial charge in [-0.3, -0.25) is 4.79 Å². The summed E-state index contributed by atoms with van der Waals surface area (Å²) in [5.74, 6) is 2.05. The molecular formula is C22H21ClN2O4. The van der Waals surface area contributed by atoms with E-state index in [0.717, 1.165) is 16.7 Å². The zero-order valence-electron chi connectivity index (χ0n) is 16.4. The number of benzene rings is 2. The molecule has 0 unspecified atom stereocenters. The maximum absolute atomic E-state index is 11.9. The van der Waals surface area contributed by atoms with E-state index >= 15 is 0 Å². The highest BCUT2D eigenvalue weighted by Crippen LogP contribution is 2.30. The molecule has 2 aromatic carbocycles. The number of nitrogens with one attached hydrogen (secondary N) is 1. The third kappa shape index (κ3) is 5.18. The minimum absolute atomic E-state index is 0.128. The lowest BCUT2D eigenvalue weighted by atomic mass is 10.1. The molecule has 3 rings (SSSR count). The van der Waals surface area contributed by atoms with Gasteiger partial charge in [0.05, 0.1) is 18.3 Å². The number of hydrogen-bond donors (Lipinski definition) is 1. The molecule has 29 heavy (non-hydrogen) atoms. The third-order valence-corrected chi connectivity index (χ3v) is 4.50. The molecule has 0 radical (unpaired) electrons. The SMILES string of the molecule is COc1ccc(-c2ccc(/C=N/NC(=O)COc3c(C)cccc3C)o2)cc1Cl. The fourth-order valence-corrected chi connectivity index (χ4v) is 3.02. The van der Waals surface area contributed by atoms with E-state index in [1.165, 1.54) is 6.21 Å². The Labute approximate surface area is 174 Å². The van der Waals surface area contributed by atoms with Crippen molar-refractivity contribution >= 4 is 23.7 Å². The molecule has 0 saturated heterocycles. The van der Waals surface area contributed by atoms with Crippen molar-refractivity contribution in [2.75, 3.05) is 13.7 Å². The number of carbonyl (C=O) groups is 1. The molecule has 150 valence electrons. The summed E-state index contributed by atoms with van der Waals surface area (Å²) >= 11 is 6.15. The largest absolute Gasteiger partial charge is 0.495 e. The van der Waals surface area contributed by atoms with Crippen LogP contribution < -0.4 is 14.9 Å². The molecule has 1 amide bonds. The molecule has 0 aliphatic carbocycles. The van der Waals surface area contributed by atoms with Gasteiger partial charge in [0.1, 0.15) is 23.0 Å². The highest BCUT2D eigenvalue weighted by Gasteiger charge is 2.08. The Hall–Kier alpha value is -3.25. The van der Waals surface area contributed by atoms with Crippen LogP contribution in [0.1, 0.15) is 16.9 Å². The first kappa shape index (κ1) is 20.5. The Morgan fingerprint density at radius 1 is 1.17 bits per heavy atom. The van der Waals surface area contributed by atoms with Crippen LogP contribution in [0, 0.1) is 13.8 Å². The molecule has 1 heterocycles. The minimum atomic E-state index is -0.363. The van der Waals surface area contributed by atoms with E-state index < -0.39 is 0 Å². The first-order chi connectivity index (χ1) is 14.0. The topological polar surface area (TPSA) is 73.1 Å². The number of methoxy groups -OCH3 is 1. The van der Waals surface area contributed by atoms with Crippen LogP contribution in [0.25, 0.3) is 11.3 Å². The van der Waals surface area contributed by atoms with Gasteiger partial charge in [-0.05, 0) is 55.3 Å². The number of aryl methyl sites for hydroxylation is 2. The summed E-state index contributed by atoms with van der Waals surface area (Å²) in [6.07, 6.45) is 1.42. The van der Waals surface area contributed by atoms with Gasteiger partial charge >= 0.3 is 0 Å². The van der Waals surface area contributed by atoms with Gasteiger partial charge in [0.15, 0.2) is 6.61 Å². The summed E-state index contributed by atoms with van der Waals surface area (Å²) in [4.78, 5) is 11.9. The van der Waals surface area contributed by atoms with E-state index in [9.17, 15) is 4.79 Å². The van der Waals surface area contributed by atoms with Crippen molar-refractivity contribution in [1.29, 1.82) is 0 Å². The van der Waals surface area contributed by atoms with Crippen LogP contribution in [0.2, 0.25) is 5.02 Å². The molecular weight excluding hydrogens is 392 g/mol. The van der Waals surface area contributed by atoms with Crippen LogP contribution in [-0.2, 0) is 4.79 Å². The quantitative estimate of drug-likeness (QED) is 0.448. The molecule has 0 fully saturated rings. The van der Waals surface area contributed by atoms with Crippen molar-refractivity contribution in [3.8, 4) is 22.8 Å². The number of hydrogen-bond acceptors (Lipinski definition) is 5. The predicted octanol–water partition coefficient (Wildman–Crippen LogP) is 4.75. The second-order valence-corrected chi connectivity index (χ2v) is 6.76. The molecule has 1 aromatic heterocycles. The summed E-state index contributed by atoms with van der Waals surface area (Å²) in [5, 5.41) is 4.40. The summed E-state index contributed by atoms with van der Waals surface area (Å²) in [6, 6.07) is 14.7. The Kier molecular flexibility index (Phi) is 6.57. The minimum Gasteiger partial charge on any atom is -0.495 e. The van der Waals surface area contributed by atoms with Gasteiger partial charge in [0.2, 0.25) is 0 Å². The smallest absolute Gasteiger partial charge is 0.277 e. The lowest BCUT2D eigenvalue weighted by Gasteiger charge is -2.10. The van der Waals surface area contributed by atoms with Crippen LogP contribution in [0.5, 0.6) is 11.5 Å². The van der Waals surface area contributed by atoms with Gasteiger partial charge in [0.25, 0.3) is 5.91 Å². The Morgan fingerprint density at radius 3 is 2.62 bits per heavy atom. The van der Waals surface area contributed by atoms with Crippen molar-refractivity contribution < 1.29 is 18.7 Å². The van der Waals surface area contributed by atoms with E-state index in [2.05, 4.69) is 10.5 Å². The van der Waals surface area contributed by atoms with Gasteiger partial charge in [-0.15, -0.1) is 0 Å². The van der Waals surface area contributed by atoms with Crippen LogP contribution in [0.3, 0.4) is 0 Å². The summed E-state index contributed by atoms with van der Waals surface area (Å²) < 4.78 is 16.4. The summed E-state index contributed by atoms with van der Waals surface area (Å²) in [5.41, 5.74) is 5.18. The van der Waals surface area contributed by atoms with Gasteiger partial charge in [-0.2, -0.15) is 5.10 Å². The number of halogens is 1. The number of amides is 1. The first-order valence-electron chi connectivity index (χ1n) is 8.92. The standard InChI is InChI=1S/C22H21ClN2O4/c1-14-5-4-6-15(2)22(14)28-13-21(26)25-24-12-17-8-10-19(29-17)16-7-9-20(27-3)18(23)11-16/h4-12H,13H2,1-3H3,(H,25,26)/b24-12+. The van der Waals surface area contributed by atoms with E-state index in [4.69, 9.17) is 25.5 Å². The first-order valence-corrected chi connectivity index (χ1v) is 9.30. The fourth-order valence-electron chi connectivity index (χ4n) is 2.76. The Balaban J connectivity index is 1.56. The van der Waals surface area contributed by atoms with Crippen LogP contribution >= 0.6 is 11.6 Å². The van der Waals surface area contributed by atoms with Gasteiger partial charge in [-0.1, -0.05) is 29.8 Å². The van der Waals surface area contributed by atoms with E-state index in [1.54, 1.807) is 31.4 Å².